The highest BCUT2D eigenvalue weighted by Gasteiger charge is 2.23. The lowest BCUT2D eigenvalue weighted by Gasteiger charge is -2.25. The summed E-state index contributed by atoms with van der Waals surface area (Å²) in [5, 5.41) is 5.93. The van der Waals surface area contributed by atoms with E-state index in [0.717, 1.165) is 24.0 Å². The van der Waals surface area contributed by atoms with Crippen LogP contribution in [0.2, 0.25) is 0 Å². The van der Waals surface area contributed by atoms with Gasteiger partial charge in [-0.05, 0) is 30.5 Å². The zero-order chi connectivity index (χ0) is 13.0. The zero-order valence-corrected chi connectivity index (χ0v) is 11.6. The Morgan fingerprint density at radius 3 is 2.89 bits per heavy atom. The van der Waals surface area contributed by atoms with Crippen molar-refractivity contribution in [2.75, 3.05) is 19.6 Å². The molecule has 1 aliphatic rings. The standard InChI is InChI=1S/C13H16BrFN2O/c14-11-4-3-9(12(15)6-11)2-1-5-17-13(18)10-7-16-8-10/h3-4,6,10,16H,1-2,5,7-8H2,(H,17,18). The summed E-state index contributed by atoms with van der Waals surface area (Å²) in [6.07, 6.45) is 1.40. The molecule has 0 bridgehead atoms. The first-order chi connectivity index (χ1) is 8.66. The maximum atomic E-state index is 13.5. The van der Waals surface area contributed by atoms with Gasteiger partial charge in [0.25, 0.3) is 0 Å². The molecule has 98 valence electrons. The number of halogens is 2. The van der Waals surface area contributed by atoms with Crippen molar-refractivity contribution in [1.82, 2.24) is 10.6 Å². The monoisotopic (exact) mass is 314 g/mol. The fourth-order valence-corrected chi connectivity index (χ4v) is 2.17. The molecule has 0 saturated carbocycles. The molecule has 3 nitrogen and oxygen atoms in total. The first-order valence-corrected chi connectivity index (χ1v) is 6.88. The lowest BCUT2D eigenvalue weighted by molar-refractivity contribution is -0.126. The molecule has 0 aromatic heterocycles. The van der Waals surface area contributed by atoms with Gasteiger partial charge < -0.3 is 10.6 Å². The molecule has 1 aromatic rings. The van der Waals surface area contributed by atoms with Crippen LogP contribution in [0, 0.1) is 11.7 Å². The van der Waals surface area contributed by atoms with Gasteiger partial charge in [-0.3, -0.25) is 4.79 Å². The molecular weight excluding hydrogens is 299 g/mol. The summed E-state index contributed by atoms with van der Waals surface area (Å²) >= 11 is 3.22. The minimum absolute atomic E-state index is 0.102. The molecule has 0 spiro atoms. The van der Waals surface area contributed by atoms with Crippen molar-refractivity contribution < 1.29 is 9.18 Å². The Kier molecular flexibility index (Phi) is 4.72. The molecule has 2 rings (SSSR count). The molecule has 18 heavy (non-hydrogen) atoms. The summed E-state index contributed by atoms with van der Waals surface area (Å²) in [6.45, 7) is 2.14. The van der Waals surface area contributed by atoms with E-state index in [9.17, 15) is 9.18 Å². The number of amides is 1. The van der Waals surface area contributed by atoms with Crippen molar-refractivity contribution in [3.05, 3.63) is 34.1 Å². The van der Waals surface area contributed by atoms with Gasteiger partial charge in [0.1, 0.15) is 5.82 Å². The molecule has 1 amide bonds. The second kappa shape index (κ2) is 6.29. The van der Waals surface area contributed by atoms with E-state index in [1.165, 1.54) is 6.07 Å². The van der Waals surface area contributed by atoms with Crippen molar-refractivity contribution in [1.29, 1.82) is 0 Å². The topological polar surface area (TPSA) is 41.1 Å². The molecule has 2 N–H and O–H groups in total. The van der Waals surface area contributed by atoms with Gasteiger partial charge in [-0.2, -0.15) is 0 Å². The lowest BCUT2D eigenvalue weighted by atomic mass is 10.0. The van der Waals surface area contributed by atoms with Crippen LogP contribution >= 0.6 is 15.9 Å². The smallest absolute Gasteiger partial charge is 0.225 e. The van der Waals surface area contributed by atoms with Crippen LogP contribution < -0.4 is 10.6 Å². The van der Waals surface area contributed by atoms with Gasteiger partial charge in [0.2, 0.25) is 5.91 Å². The third kappa shape index (κ3) is 3.53. The van der Waals surface area contributed by atoms with Gasteiger partial charge in [0.05, 0.1) is 5.92 Å². The predicted octanol–water partition coefficient (Wildman–Crippen LogP) is 1.86. The third-order valence-electron chi connectivity index (χ3n) is 3.09. The van der Waals surface area contributed by atoms with E-state index < -0.39 is 0 Å². The van der Waals surface area contributed by atoms with Crippen LogP contribution in [0.25, 0.3) is 0 Å². The zero-order valence-electron chi connectivity index (χ0n) is 10.0. The molecule has 5 heteroatoms. The van der Waals surface area contributed by atoms with Crippen molar-refractivity contribution in [3.63, 3.8) is 0 Å². The molecule has 0 radical (unpaired) electrons. The van der Waals surface area contributed by atoms with Crippen molar-refractivity contribution in [3.8, 4) is 0 Å². The number of carbonyl (C=O) groups excluding carboxylic acids is 1. The molecule has 0 aliphatic carbocycles. The molecule has 1 heterocycles. The second-order valence-electron chi connectivity index (χ2n) is 4.49. The minimum Gasteiger partial charge on any atom is -0.356 e. The van der Waals surface area contributed by atoms with Crippen LogP contribution in [0.3, 0.4) is 0 Å². The molecular formula is C13H16BrFN2O. The number of hydrogen-bond donors (Lipinski definition) is 2. The first kappa shape index (κ1) is 13.5. The van der Waals surface area contributed by atoms with E-state index in [1.807, 2.05) is 6.07 Å². The highest BCUT2D eigenvalue weighted by Crippen LogP contribution is 2.16. The van der Waals surface area contributed by atoms with Crippen LogP contribution in [-0.2, 0) is 11.2 Å². The predicted molar refractivity (Wildman–Crippen MR) is 71.8 cm³/mol. The first-order valence-electron chi connectivity index (χ1n) is 6.09. The van der Waals surface area contributed by atoms with E-state index in [4.69, 9.17) is 0 Å². The maximum Gasteiger partial charge on any atom is 0.225 e. The molecule has 1 aliphatic heterocycles. The minimum atomic E-state index is -0.195. The van der Waals surface area contributed by atoms with Crippen LogP contribution in [0.5, 0.6) is 0 Å². The fraction of sp³-hybridized carbons (Fsp3) is 0.462. The van der Waals surface area contributed by atoms with Crippen molar-refractivity contribution in [2.45, 2.75) is 12.8 Å². The molecule has 0 atom stereocenters. The fourth-order valence-electron chi connectivity index (χ4n) is 1.83. The molecule has 1 fully saturated rings. The van der Waals surface area contributed by atoms with Gasteiger partial charge in [-0.1, -0.05) is 22.0 Å². The summed E-state index contributed by atoms with van der Waals surface area (Å²) in [6, 6.07) is 5.07. The molecule has 1 saturated heterocycles. The highest BCUT2D eigenvalue weighted by molar-refractivity contribution is 9.10. The third-order valence-corrected chi connectivity index (χ3v) is 3.58. The van der Waals surface area contributed by atoms with Crippen LogP contribution in [0.15, 0.2) is 22.7 Å². The summed E-state index contributed by atoms with van der Waals surface area (Å²) in [5.74, 6) is 0.0262. The Morgan fingerprint density at radius 2 is 2.28 bits per heavy atom. The van der Waals surface area contributed by atoms with E-state index >= 15 is 0 Å². The number of hydrogen-bond acceptors (Lipinski definition) is 2. The molecule has 1 aromatic carbocycles. The lowest BCUT2D eigenvalue weighted by Crippen LogP contribution is -2.50. The number of rotatable bonds is 5. The maximum absolute atomic E-state index is 13.5. The highest BCUT2D eigenvalue weighted by atomic mass is 79.9. The normalized spacial score (nSPS) is 15.2. The average Bonchev–Trinajstić information content (AvgIpc) is 2.24. The van der Waals surface area contributed by atoms with Crippen molar-refractivity contribution >= 4 is 21.8 Å². The van der Waals surface area contributed by atoms with E-state index in [-0.39, 0.29) is 17.6 Å². The van der Waals surface area contributed by atoms with Crippen LogP contribution in [-0.4, -0.2) is 25.5 Å². The van der Waals surface area contributed by atoms with Gasteiger partial charge in [0, 0.05) is 24.1 Å². The second-order valence-corrected chi connectivity index (χ2v) is 5.40. The Labute approximate surface area is 114 Å². The van der Waals surface area contributed by atoms with Gasteiger partial charge in [-0.15, -0.1) is 0 Å². The summed E-state index contributed by atoms with van der Waals surface area (Å²) in [4.78, 5) is 11.5. The van der Waals surface area contributed by atoms with Gasteiger partial charge in [0.15, 0.2) is 0 Å². The van der Waals surface area contributed by atoms with E-state index in [0.29, 0.717) is 18.5 Å². The summed E-state index contributed by atoms with van der Waals surface area (Å²) < 4.78 is 14.2. The average molecular weight is 315 g/mol. The summed E-state index contributed by atoms with van der Waals surface area (Å²) in [5.41, 5.74) is 0.692. The number of nitrogens with one attached hydrogen (secondary N) is 2. The van der Waals surface area contributed by atoms with E-state index in [1.54, 1.807) is 6.07 Å². The van der Waals surface area contributed by atoms with Crippen molar-refractivity contribution in [2.24, 2.45) is 5.92 Å². The van der Waals surface area contributed by atoms with Crippen LogP contribution in [0.4, 0.5) is 4.39 Å². The van der Waals surface area contributed by atoms with Gasteiger partial charge >= 0.3 is 0 Å². The number of aryl methyl sites for hydroxylation is 1. The SMILES string of the molecule is O=C(NCCCc1ccc(Br)cc1F)C1CNC1. The van der Waals surface area contributed by atoms with Crippen LogP contribution in [0.1, 0.15) is 12.0 Å². The number of benzene rings is 1. The Hall–Kier alpha value is -0.940. The quantitative estimate of drug-likeness (QED) is 0.815. The Morgan fingerprint density at radius 1 is 1.50 bits per heavy atom. The van der Waals surface area contributed by atoms with E-state index in [2.05, 4.69) is 26.6 Å². The summed E-state index contributed by atoms with van der Waals surface area (Å²) in [7, 11) is 0. The molecule has 0 unspecified atom stereocenters. The number of carbonyl (C=O) groups is 1. The Bertz CT molecular complexity index is 435. The largest absolute Gasteiger partial charge is 0.356 e. The Balaban J connectivity index is 1.70. The van der Waals surface area contributed by atoms with Gasteiger partial charge in [-0.25, -0.2) is 4.39 Å².